The van der Waals surface area contributed by atoms with Gasteiger partial charge in [0.25, 0.3) is 18.8 Å². The van der Waals surface area contributed by atoms with Crippen molar-refractivity contribution in [3.05, 3.63) is 76.5 Å². The molecule has 0 fully saturated rings. The summed E-state index contributed by atoms with van der Waals surface area (Å²) in [4.78, 5) is 16.3. The highest BCUT2D eigenvalue weighted by Crippen LogP contribution is 2.25. The predicted octanol–water partition coefficient (Wildman–Crippen LogP) is 4.72. The van der Waals surface area contributed by atoms with E-state index in [1.165, 1.54) is 0 Å². The Morgan fingerprint density at radius 3 is 2.47 bits per heavy atom. The molecule has 0 unspecified atom stereocenters. The number of halogens is 4. The zero-order valence-electron chi connectivity index (χ0n) is 17.1. The lowest BCUT2D eigenvalue weighted by molar-refractivity contribution is 0.102. The van der Waals surface area contributed by atoms with Crippen molar-refractivity contribution >= 4 is 17.2 Å². The second-order valence-electron chi connectivity index (χ2n) is 7.25. The van der Waals surface area contributed by atoms with E-state index in [1.54, 1.807) is 18.2 Å². The van der Waals surface area contributed by atoms with Crippen molar-refractivity contribution in [2.24, 2.45) is 0 Å². The van der Waals surface area contributed by atoms with Crippen LogP contribution < -0.4 is 5.32 Å². The standard InChI is InChI=1S/C21H18F4N6O/c1-11-6-12(2)30(28-11)10-13-4-3-5-14(7-13)26-21(32)16-9-18-27-15(19(22)23)8-17(20(24)25)31(18)29-16/h3-9,19-20H,10H2,1-2H3,(H,26,32). The van der Waals surface area contributed by atoms with Crippen LogP contribution in [0.3, 0.4) is 0 Å². The summed E-state index contributed by atoms with van der Waals surface area (Å²) in [5.41, 5.74) is 1.16. The van der Waals surface area contributed by atoms with Crippen LogP contribution in [0.2, 0.25) is 0 Å². The molecule has 4 rings (SSSR count). The fraction of sp³-hybridized carbons (Fsp3) is 0.238. The fourth-order valence-electron chi connectivity index (χ4n) is 3.35. The summed E-state index contributed by atoms with van der Waals surface area (Å²) in [7, 11) is 0. The molecule has 11 heteroatoms. The van der Waals surface area contributed by atoms with E-state index in [0.29, 0.717) is 22.8 Å². The van der Waals surface area contributed by atoms with E-state index in [4.69, 9.17) is 0 Å². The Hall–Kier alpha value is -3.76. The Balaban J connectivity index is 1.59. The van der Waals surface area contributed by atoms with Crippen LogP contribution in [0.1, 0.15) is 51.7 Å². The fourth-order valence-corrected chi connectivity index (χ4v) is 3.35. The molecule has 0 aliphatic rings. The number of anilines is 1. The lowest BCUT2D eigenvalue weighted by Gasteiger charge is -2.08. The third kappa shape index (κ3) is 4.32. The lowest BCUT2D eigenvalue weighted by Crippen LogP contribution is -2.13. The zero-order valence-corrected chi connectivity index (χ0v) is 17.1. The van der Waals surface area contributed by atoms with E-state index in [1.807, 2.05) is 30.7 Å². The molecule has 0 atom stereocenters. The first-order valence-corrected chi connectivity index (χ1v) is 9.59. The van der Waals surface area contributed by atoms with Gasteiger partial charge in [0.1, 0.15) is 11.4 Å². The average Bonchev–Trinajstić information content (AvgIpc) is 3.29. The van der Waals surface area contributed by atoms with Crippen LogP contribution in [-0.4, -0.2) is 30.3 Å². The van der Waals surface area contributed by atoms with Crippen LogP contribution in [0.15, 0.2) is 42.5 Å². The summed E-state index contributed by atoms with van der Waals surface area (Å²) >= 11 is 0. The van der Waals surface area contributed by atoms with Gasteiger partial charge in [-0.1, -0.05) is 12.1 Å². The van der Waals surface area contributed by atoms with Crippen molar-refractivity contribution in [1.29, 1.82) is 0 Å². The van der Waals surface area contributed by atoms with Crippen molar-refractivity contribution in [1.82, 2.24) is 24.4 Å². The number of aromatic nitrogens is 5. The van der Waals surface area contributed by atoms with Crippen molar-refractivity contribution in [3.63, 3.8) is 0 Å². The highest BCUT2D eigenvalue weighted by atomic mass is 19.3. The normalized spacial score (nSPS) is 11.6. The van der Waals surface area contributed by atoms with E-state index < -0.39 is 30.1 Å². The summed E-state index contributed by atoms with van der Waals surface area (Å²) in [6.45, 7) is 4.33. The topological polar surface area (TPSA) is 77.1 Å². The molecule has 3 heterocycles. The Labute approximate surface area is 179 Å². The second-order valence-corrected chi connectivity index (χ2v) is 7.25. The highest BCUT2D eigenvalue weighted by molar-refractivity contribution is 6.03. The Kier molecular flexibility index (Phi) is 5.64. The molecule has 0 aliphatic heterocycles. The molecule has 4 aromatic rings. The monoisotopic (exact) mass is 446 g/mol. The largest absolute Gasteiger partial charge is 0.321 e. The average molecular weight is 446 g/mol. The van der Waals surface area contributed by atoms with Gasteiger partial charge in [0.2, 0.25) is 0 Å². The molecule has 1 amide bonds. The SMILES string of the molecule is Cc1cc(C)n(Cc2cccc(NC(=O)c3cc4nc(C(F)F)cc(C(F)F)n4n3)c2)n1. The number of fused-ring (bicyclic) bond motifs is 1. The molecule has 0 bridgehead atoms. The summed E-state index contributed by atoms with van der Waals surface area (Å²) in [5, 5.41) is 10.9. The number of amides is 1. The molecule has 0 spiro atoms. The van der Waals surface area contributed by atoms with Crippen molar-refractivity contribution in [2.45, 2.75) is 33.2 Å². The number of hydrogen-bond donors (Lipinski definition) is 1. The number of aryl methyl sites for hydroxylation is 2. The number of hydrogen-bond acceptors (Lipinski definition) is 4. The van der Waals surface area contributed by atoms with Gasteiger partial charge in [-0.2, -0.15) is 10.2 Å². The smallest absolute Gasteiger partial charge is 0.280 e. The molecular weight excluding hydrogens is 428 g/mol. The van der Waals surface area contributed by atoms with E-state index in [9.17, 15) is 22.4 Å². The van der Waals surface area contributed by atoms with Crippen molar-refractivity contribution < 1.29 is 22.4 Å². The molecule has 32 heavy (non-hydrogen) atoms. The number of rotatable bonds is 6. The van der Waals surface area contributed by atoms with E-state index in [0.717, 1.165) is 23.0 Å². The van der Waals surface area contributed by atoms with Gasteiger partial charge < -0.3 is 5.32 Å². The molecule has 166 valence electrons. The number of carbonyl (C=O) groups excluding carboxylic acids is 1. The third-order valence-electron chi connectivity index (χ3n) is 4.77. The minimum Gasteiger partial charge on any atom is -0.321 e. The first-order valence-electron chi connectivity index (χ1n) is 9.59. The highest BCUT2D eigenvalue weighted by Gasteiger charge is 2.22. The first-order chi connectivity index (χ1) is 15.2. The maximum atomic E-state index is 13.3. The number of nitrogens with zero attached hydrogens (tertiary/aromatic N) is 5. The Morgan fingerprint density at radius 2 is 1.81 bits per heavy atom. The predicted molar refractivity (Wildman–Crippen MR) is 108 cm³/mol. The van der Waals surface area contributed by atoms with E-state index in [-0.39, 0.29) is 11.3 Å². The van der Waals surface area contributed by atoms with Gasteiger partial charge >= 0.3 is 0 Å². The van der Waals surface area contributed by atoms with Crippen LogP contribution in [0, 0.1) is 13.8 Å². The molecular formula is C21H18F4N6O. The van der Waals surface area contributed by atoms with E-state index >= 15 is 0 Å². The quantitative estimate of drug-likeness (QED) is 0.435. The summed E-state index contributed by atoms with van der Waals surface area (Å²) in [6, 6.07) is 10.7. The minimum atomic E-state index is -3.07. The van der Waals surface area contributed by atoms with E-state index in [2.05, 4.69) is 20.5 Å². The molecule has 0 radical (unpaired) electrons. The maximum absolute atomic E-state index is 13.3. The van der Waals surface area contributed by atoms with Gasteiger partial charge in [-0.25, -0.2) is 27.1 Å². The number of alkyl halides is 4. The van der Waals surface area contributed by atoms with Gasteiger partial charge in [0.15, 0.2) is 11.3 Å². The Bertz CT molecular complexity index is 1300. The van der Waals surface area contributed by atoms with Crippen LogP contribution in [-0.2, 0) is 6.54 Å². The number of carbonyl (C=O) groups is 1. The maximum Gasteiger partial charge on any atom is 0.280 e. The van der Waals surface area contributed by atoms with Crippen LogP contribution in [0.25, 0.3) is 5.65 Å². The van der Waals surface area contributed by atoms with Gasteiger partial charge in [-0.15, -0.1) is 0 Å². The molecule has 3 aromatic heterocycles. The summed E-state index contributed by atoms with van der Waals surface area (Å²) in [5.74, 6) is -0.683. The number of nitrogens with one attached hydrogen (secondary N) is 1. The van der Waals surface area contributed by atoms with Crippen molar-refractivity contribution in [3.8, 4) is 0 Å². The second kappa shape index (κ2) is 8.40. The molecule has 7 nitrogen and oxygen atoms in total. The molecule has 0 aliphatic carbocycles. The first kappa shape index (κ1) is 21.5. The van der Waals surface area contributed by atoms with Crippen LogP contribution in [0.4, 0.5) is 23.2 Å². The zero-order chi connectivity index (χ0) is 23.0. The van der Waals surface area contributed by atoms with Gasteiger partial charge in [-0.3, -0.25) is 9.48 Å². The molecule has 0 saturated heterocycles. The number of benzene rings is 1. The van der Waals surface area contributed by atoms with Gasteiger partial charge in [0, 0.05) is 17.4 Å². The Morgan fingerprint density at radius 1 is 1.03 bits per heavy atom. The van der Waals surface area contributed by atoms with Gasteiger partial charge in [-0.05, 0) is 43.7 Å². The summed E-state index contributed by atoms with van der Waals surface area (Å²) < 4.78 is 55.1. The third-order valence-corrected chi connectivity index (χ3v) is 4.77. The van der Waals surface area contributed by atoms with Gasteiger partial charge in [0.05, 0.1) is 12.2 Å². The van der Waals surface area contributed by atoms with Crippen molar-refractivity contribution in [2.75, 3.05) is 5.32 Å². The van der Waals surface area contributed by atoms with Crippen LogP contribution in [0.5, 0.6) is 0 Å². The minimum absolute atomic E-state index is 0.227. The van der Waals surface area contributed by atoms with Crippen LogP contribution >= 0.6 is 0 Å². The molecule has 1 N–H and O–H groups in total. The molecule has 1 aromatic carbocycles. The summed E-state index contributed by atoms with van der Waals surface area (Å²) in [6.07, 6.45) is -6.10. The molecule has 0 saturated carbocycles. The lowest BCUT2D eigenvalue weighted by atomic mass is 10.2.